The van der Waals surface area contributed by atoms with E-state index in [1.165, 1.54) is 12.1 Å². The molecule has 8 heteroatoms. The van der Waals surface area contributed by atoms with Gasteiger partial charge in [0.2, 0.25) is 0 Å². The molecule has 0 saturated heterocycles. The molecule has 0 N–H and O–H groups in total. The lowest BCUT2D eigenvalue weighted by molar-refractivity contribution is -0.415. The van der Waals surface area contributed by atoms with Gasteiger partial charge in [0.1, 0.15) is 0 Å². The molecule has 0 aliphatic heterocycles. The molecule has 1 aromatic carbocycles. The monoisotopic (exact) mass is 400 g/mol. The highest BCUT2D eigenvalue weighted by atomic mass is 19.4. The van der Waals surface area contributed by atoms with Crippen molar-refractivity contribution in [1.29, 1.82) is 0 Å². The van der Waals surface area contributed by atoms with Crippen LogP contribution in [0.1, 0.15) is 58.6 Å². The van der Waals surface area contributed by atoms with E-state index in [0.717, 1.165) is 19.1 Å². The maximum Gasteiger partial charge on any atom is 0.430 e. The van der Waals surface area contributed by atoms with Crippen LogP contribution in [0, 0.1) is 0 Å². The largest absolute Gasteiger partial charge is 0.430 e. The van der Waals surface area contributed by atoms with Gasteiger partial charge >= 0.3 is 12.4 Å². The Hall–Kier alpha value is -1.28. The summed E-state index contributed by atoms with van der Waals surface area (Å²) in [5.41, 5.74) is -5.71. The van der Waals surface area contributed by atoms with Crippen molar-refractivity contribution in [3.63, 3.8) is 0 Å². The molecule has 0 spiro atoms. The number of hydrogen-bond donors (Lipinski definition) is 0. The topological polar surface area (TPSA) is 18.5 Å². The highest BCUT2D eigenvalue weighted by Gasteiger charge is 2.74. The average molecular weight is 400 g/mol. The minimum absolute atomic E-state index is 0.0180. The van der Waals surface area contributed by atoms with Crippen LogP contribution >= 0.6 is 0 Å². The minimum Gasteiger partial charge on any atom is -0.353 e. The molecule has 0 amide bonds. The van der Waals surface area contributed by atoms with Gasteiger partial charge in [-0.3, -0.25) is 0 Å². The molecule has 0 radical (unpaired) electrons. The van der Waals surface area contributed by atoms with Gasteiger partial charge in [-0.1, -0.05) is 52.0 Å². The summed E-state index contributed by atoms with van der Waals surface area (Å²) in [7, 11) is 0. The molecule has 0 aliphatic carbocycles. The maximum absolute atomic E-state index is 13.8. The van der Waals surface area contributed by atoms with E-state index < -0.39 is 35.2 Å². The second kappa shape index (κ2) is 8.39. The van der Waals surface area contributed by atoms with Gasteiger partial charge in [0.25, 0.3) is 5.60 Å². The molecular weight excluding hydrogens is 374 g/mol. The fourth-order valence-electron chi connectivity index (χ4n) is 2.62. The van der Waals surface area contributed by atoms with Crippen LogP contribution in [0.25, 0.3) is 0 Å². The van der Waals surface area contributed by atoms with Crippen LogP contribution in [0.5, 0.6) is 0 Å². The zero-order valence-electron chi connectivity index (χ0n) is 16.1. The van der Waals surface area contributed by atoms with E-state index in [2.05, 4.69) is 4.74 Å². The first-order chi connectivity index (χ1) is 12.2. The fourth-order valence-corrected chi connectivity index (χ4v) is 2.62. The Morgan fingerprint density at radius 1 is 0.926 bits per heavy atom. The summed E-state index contributed by atoms with van der Waals surface area (Å²) in [6.07, 6.45) is -12.2. The first-order valence-electron chi connectivity index (χ1n) is 8.76. The van der Waals surface area contributed by atoms with Crippen molar-refractivity contribution in [2.45, 2.75) is 77.1 Å². The summed E-state index contributed by atoms with van der Waals surface area (Å²) in [5, 5.41) is 0. The van der Waals surface area contributed by atoms with Crippen LogP contribution in [0.4, 0.5) is 26.3 Å². The molecule has 1 aromatic rings. The van der Waals surface area contributed by atoms with Crippen LogP contribution in [0.3, 0.4) is 0 Å². The fraction of sp³-hybridized carbons (Fsp3) is 0.684. The van der Waals surface area contributed by atoms with E-state index in [-0.39, 0.29) is 6.61 Å². The molecule has 2 nitrogen and oxygen atoms in total. The lowest BCUT2D eigenvalue weighted by Gasteiger charge is -2.39. The van der Waals surface area contributed by atoms with E-state index in [1.54, 1.807) is 20.8 Å². The third-order valence-electron chi connectivity index (χ3n) is 4.63. The summed E-state index contributed by atoms with van der Waals surface area (Å²) >= 11 is 0. The molecule has 156 valence electrons. The van der Waals surface area contributed by atoms with Gasteiger partial charge in [0.05, 0.1) is 0 Å². The van der Waals surface area contributed by atoms with E-state index in [0.29, 0.717) is 18.4 Å². The van der Waals surface area contributed by atoms with Gasteiger partial charge in [0, 0.05) is 12.2 Å². The second-order valence-corrected chi connectivity index (χ2v) is 7.05. The number of halogens is 6. The maximum atomic E-state index is 13.8. The van der Waals surface area contributed by atoms with Crippen LogP contribution in [0.15, 0.2) is 24.3 Å². The van der Waals surface area contributed by atoms with Gasteiger partial charge < -0.3 is 9.47 Å². The molecule has 0 aromatic heterocycles. The predicted octanol–water partition coefficient (Wildman–Crippen LogP) is 6.48. The second-order valence-electron chi connectivity index (χ2n) is 7.05. The van der Waals surface area contributed by atoms with Gasteiger partial charge in [0.15, 0.2) is 6.29 Å². The Bertz CT molecular complexity index is 593. The SMILES string of the molecule is CCCOC(C)OC(c1cccc(C(C)(C)CC)c1)(C(F)(F)F)C(F)(F)F. The van der Waals surface area contributed by atoms with Crippen LogP contribution in [0.2, 0.25) is 0 Å². The van der Waals surface area contributed by atoms with Crippen molar-refractivity contribution < 1.29 is 35.8 Å². The lowest BCUT2D eigenvalue weighted by atomic mass is 9.79. The highest BCUT2D eigenvalue weighted by molar-refractivity contribution is 5.35. The molecular formula is C19H26F6O2. The molecule has 1 rings (SSSR count). The standard InChI is InChI=1S/C19H26F6O2/c1-6-11-26-13(3)27-17(18(20,21)22,19(23,24)25)15-10-8-9-14(12-15)16(4,5)7-2/h8-10,12-13H,6-7,11H2,1-5H3. The lowest BCUT2D eigenvalue weighted by Crippen LogP contribution is -2.57. The molecule has 0 saturated carbocycles. The zero-order valence-corrected chi connectivity index (χ0v) is 16.1. The molecule has 1 unspecified atom stereocenters. The average Bonchev–Trinajstić information content (AvgIpc) is 2.55. The highest BCUT2D eigenvalue weighted by Crippen LogP contribution is 2.54. The van der Waals surface area contributed by atoms with Crippen molar-refractivity contribution in [2.75, 3.05) is 6.61 Å². The Morgan fingerprint density at radius 2 is 1.44 bits per heavy atom. The van der Waals surface area contributed by atoms with Gasteiger partial charge in [-0.15, -0.1) is 0 Å². The Morgan fingerprint density at radius 3 is 1.89 bits per heavy atom. The third kappa shape index (κ3) is 4.96. The van der Waals surface area contributed by atoms with Crippen molar-refractivity contribution in [1.82, 2.24) is 0 Å². The number of rotatable bonds is 8. The van der Waals surface area contributed by atoms with Crippen molar-refractivity contribution in [2.24, 2.45) is 0 Å². The van der Waals surface area contributed by atoms with Gasteiger partial charge in [-0.2, -0.15) is 26.3 Å². The van der Waals surface area contributed by atoms with Crippen LogP contribution in [-0.4, -0.2) is 25.2 Å². The summed E-state index contributed by atoms with van der Waals surface area (Å²) < 4.78 is 92.6. The van der Waals surface area contributed by atoms with Crippen molar-refractivity contribution in [3.05, 3.63) is 35.4 Å². The first kappa shape index (κ1) is 23.8. The Kier molecular flexibility index (Phi) is 7.38. The number of alkyl halides is 6. The number of ether oxygens (including phenoxy) is 2. The molecule has 0 aliphatic rings. The predicted molar refractivity (Wildman–Crippen MR) is 90.3 cm³/mol. The number of hydrogen-bond acceptors (Lipinski definition) is 2. The van der Waals surface area contributed by atoms with Gasteiger partial charge in [-0.05, 0) is 30.7 Å². The summed E-state index contributed by atoms with van der Waals surface area (Å²) in [6.45, 7) is 8.01. The normalized spacial score (nSPS) is 15.1. The summed E-state index contributed by atoms with van der Waals surface area (Å²) in [6, 6.07) is 4.43. The zero-order chi connectivity index (χ0) is 21.1. The van der Waals surface area contributed by atoms with Crippen molar-refractivity contribution in [3.8, 4) is 0 Å². The molecule has 1 atom stereocenters. The van der Waals surface area contributed by atoms with E-state index in [4.69, 9.17) is 4.74 Å². The Labute approximate surface area is 155 Å². The third-order valence-corrected chi connectivity index (χ3v) is 4.63. The minimum atomic E-state index is -5.73. The van der Waals surface area contributed by atoms with E-state index in [1.807, 2.05) is 6.92 Å². The number of benzene rings is 1. The molecule has 27 heavy (non-hydrogen) atoms. The quantitative estimate of drug-likeness (QED) is 0.367. The Balaban J connectivity index is 3.61. The first-order valence-corrected chi connectivity index (χ1v) is 8.76. The molecule has 0 heterocycles. The van der Waals surface area contributed by atoms with E-state index >= 15 is 0 Å². The molecule has 0 fully saturated rings. The summed E-state index contributed by atoms with van der Waals surface area (Å²) in [5.74, 6) is 0. The van der Waals surface area contributed by atoms with Gasteiger partial charge in [-0.25, -0.2) is 0 Å². The van der Waals surface area contributed by atoms with Crippen LogP contribution < -0.4 is 0 Å². The smallest absolute Gasteiger partial charge is 0.353 e. The van der Waals surface area contributed by atoms with Crippen molar-refractivity contribution >= 4 is 0 Å². The van der Waals surface area contributed by atoms with E-state index in [9.17, 15) is 26.3 Å². The molecule has 0 bridgehead atoms. The summed E-state index contributed by atoms with van der Waals surface area (Å²) in [4.78, 5) is 0. The van der Waals surface area contributed by atoms with Crippen LogP contribution in [-0.2, 0) is 20.5 Å².